The van der Waals surface area contributed by atoms with Crippen molar-refractivity contribution in [2.24, 2.45) is 0 Å². The first-order valence-electron chi connectivity index (χ1n) is 25.7. The van der Waals surface area contributed by atoms with E-state index in [1.54, 1.807) is 0 Å². The van der Waals surface area contributed by atoms with Crippen LogP contribution in [0.25, 0.3) is 66.1 Å². The Morgan fingerprint density at radius 1 is 0.311 bits per heavy atom. The molecule has 0 amide bonds. The van der Waals surface area contributed by atoms with Gasteiger partial charge in [0.25, 0.3) is 6.71 Å². The number of ether oxygens (including phenoxy) is 2. The van der Waals surface area contributed by atoms with Crippen LogP contribution in [0.1, 0.15) is 11.1 Å². The van der Waals surface area contributed by atoms with E-state index in [0.29, 0.717) is 0 Å². The summed E-state index contributed by atoms with van der Waals surface area (Å²) in [6.45, 7) is -0.0132. The fourth-order valence-corrected chi connectivity index (χ4v) is 13.4. The molecule has 6 heterocycles. The van der Waals surface area contributed by atoms with Crippen molar-refractivity contribution in [3.8, 4) is 45.5 Å². The van der Waals surface area contributed by atoms with E-state index in [1.165, 1.54) is 88.2 Å². The normalized spacial score (nSPS) is 13.5. The topological polar surface area (TPSA) is 31.6 Å². The van der Waals surface area contributed by atoms with Gasteiger partial charge in [0.1, 0.15) is 23.0 Å². The van der Waals surface area contributed by atoms with Crippen LogP contribution in [0.15, 0.2) is 237 Å². The van der Waals surface area contributed by atoms with E-state index < -0.39 is 0 Å². The molecule has 0 N–H and O–H groups in total. The number of rotatable bonds is 4. The van der Waals surface area contributed by atoms with Gasteiger partial charge in [0, 0.05) is 55.4 Å². The number of hydrogen-bond acceptors (Lipinski definition) is 3. The summed E-state index contributed by atoms with van der Waals surface area (Å²) in [5.74, 6) is 3.44. The molecule has 17 rings (SSSR count). The van der Waals surface area contributed by atoms with Gasteiger partial charge >= 0.3 is 0 Å². The van der Waals surface area contributed by atoms with E-state index in [1.807, 2.05) is 0 Å². The molecule has 0 saturated carbocycles. The highest BCUT2D eigenvalue weighted by Gasteiger charge is 2.43. The Hall–Kier alpha value is -9.45. The molecule has 4 aliphatic rings. The molecular weight excluding hydrogens is 900 g/mol. The summed E-state index contributed by atoms with van der Waals surface area (Å²) in [6, 6.07) is 87.0. The number of anilines is 3. The summed E-state index contributed by atoms with van der Waals surface area (Å²) in [5, 5.41) is 5.01. The minimum absolute atomic E-state index is 0.00319. The Morgan fingerprint density at radius 3 is 1.36 bits per heavy atom. The number of nitrogens with zero attached hydrogens (tertiary/aromatic N) is 3. The molecule has 13 aromatic rings. The molecule has 4 aliphatic heterocycles. The Kier molecular flexibility index (Phi) is 8.17. The lowest BCUT2D eigenvalue weighted by atomic mass is 9.32. The fourth-order valence-electron chi connectivity index (χ4n) is 13.4. The molecule has 0 atom stereocenters. The van der Waals surface area contributed by atoms with Gasteiger partial charge in [-0.15, -0.1) is 0 Å². The minimum Gasteiger partial charge on any atom is -0.458 e. The maximum absolute atomic E-state index is 6.91. The lowest BCUT2D eigenvalue weighted by Gasteiger charge is -2.41. The van der Waals surface area contributed by atoms with E-state index >= 15 is 0 Å². The summed E-state index contributed by atoms with van der Waals surface area (Å²) in [5.41, 5.74) is 22.7. The molecule has 0 bridgehead atoms. The lowest BCUT2D eigenvalue weighted by Crippen LogP contribution is -2.61. The molecule has 2 aromatic heterocycles. The number of hydrogen-bond donors (Lipinski definition) is 0. The van der Waals surface area contributed by atoms with Crippen LogP contribution in [0.2, 0.25) is 0 Å². The Balaban J connectivity index is 0.921. The summed E-state index contributed by atoms with van der Waals surface area (Å²) in [6.07, 6.45) is 0.776. The standard InChI is InChI=1S/C67H41B2N3O2/c1-2-16-45(17-3-1)70-60-40-47(72-58-26-12-6-20-50(58)51-21-7-13-27-59(51)72)31-33-53(60)68-52-32-30-46(71-56-24-10-4-18-48(56)49-19-5-11-25-57(49)71)36-43(52)35-44-34-41(37-61(70)66(44)68)42-38-64-67-65(39-42)74-63-29-15-9-23-55(63)69(67)54-22-8-14-28-62(54)73-64/h1-34,36-40H,35H2. The predicted octanol–water partition coefficient (Wildman–Crippen LogP) is 12.5. The van der Waals surface area contributed by atoms with Gasteiger partial charge in [-0.25, -0.2) is 0 Å². The van der Waals surface area contributed by atoms with E-state index in [-0.39, 0.29) is 13.4 Å². The minimum atomic E-state index is -0.0164. The summed E-state index contributed by atoms with van der Waals surface area (Å²) < 4.78 is 18.7. The van der Waals surface area contributed by atoms with Crippen molar-refractivity contribution in [2.75, 3.05) is 4.90 Å². The molecule has 0 spiro atoms. The third-order valence-corrected chi connectivity index (χ3v) is 16.5. The first-order valence-corrected chi connectivity index (χ1v) is 25.7. The van der Waals surface area contributed by atoms with Gasteiger partial charge in [-0.2, -0.15) is 0 Å². The van der Waals surface area contributed by atoms with Gasteiger partial charge in [-0.05, 0) is 142 Å². The molecule has 7 heteroatoms. The second-order valence-electron chi connectivity index (χ2n) is 20.3. The SMILES string of the molecule is c1ccc(N2c3cc(-n4c5ccccc5c5ccccc54)ccc3B3c4ccc(-n5c6ccccc6c6ccccc65)cc4Cc4cc(-c5cc6c7c(c5)Oc5ccccc5B7c5ccccc5O6)cc2c43)cc1. The van der Waals surface area contributed by atoms with Crippen LogP contribution in [0.5, 0.6) is 23.0 Å². The number of benzene rings is 11. The Labute approximate surface area is 427 Å². The molecule has 0 fully saturated rings. The quantitative estimate of drug-likeness (QED) is 0.165. The maximum atomic E-state index is 6.91. The molecule has 5 nitrogen and oxygen atoms in total. The Morgan fingerprint density at radius 2 is 0.784 bits per heavy atom. The van der Waals surface area contributed by atoms with Crippen molar-refractivity contribution in [3.63, 3.8) is 0 Å². The molecule has 342 valence electrons. The molecule has 0 aliphatic carbocycles. The zero-order valence-electron chi connectivity index (χ0n) is 40.0. The fraction of sp³-hybridized carbons (Fsp3) is 0.0149. The van der Waals surface area contributed by atoms with E-state index in [9.17, 15) is 0 Å². The van der Waals surface area contributed by atoms with Crippen LogP contribution in [-0.2, 0) is 6.42 Å². The second kappa shape index (κ2) is 15.0. The van der Waals surface area contributed by atoms with Crippen molar-refractivity contribution in [2.45, 2.75) is 6.42 Å². The number of para-hydroxylation sites is 7. The summed E-state index contributed by atoms with van der Waals surface area (Å²) >= 11 is 0. The van der Waals surface area contributed by atoms with Crippen molar-refractivity contribution in [1.82, 2.24) is 9.13 Å². The zero-order valence-corrected chi connectivity index (χ0v) is 40.0. The Bertz CT molecular complexity index is 4400. The molecule has 0 radical (unpaired) electrons. The van der Waals surface area contributed by atoms with Gasteiger partial charge in [0.05, 0.1) is 22.1 Å². The lowest BCUT2D eigenvalue weighted by molar-refractivity contribution is 0.465. The third-order valence-electron chi connectivity index (χ3n) is 16.5. The van der Waals surface area contributed by atoms with Crippen molar-refractivity contribution in [1.29, 1.82) is 0 Å². The zero-order chi connectivity index (χ0) is 48.2. The van der Waals surface area contributed by atoms with Crippen LogP contribution in [-0.4, -0.2) is 22.6 Å². The van der Waals surface area contributed by atoms with Crippen LogP contribution in [0, 0.1) is 0 Å². The van der Waals surface area contributed by atoms with Gasteiger partial charge in [-0.3, -0.25) is 0 Å². The summed E-state index contributed by atoms with van der Waals surface area (Å²) in [4.78, 5) is 2.53. The van der Waals surface area contributed by atoms with Crippen molar-refractivity contribution < 1.29 is 9.47 Å². The first kappa shape index (κ1) is 40.2. The molecule has 11 aromatic carbocycles. The monoisotopic (exact) mass is 941 g/mol. The van der Waals surface area contributed by atoms with Gasteiger partial charge in [0.15, 0.2) is 0 Å². The molecular formula is C67H41B2N3O2. The van der Waals surface area contributed by atoms with Crippen LogP contribution in [0.4, 0.5) is 17.1 Å². The van der Waals surface area contributed by atoms with E-state index in [2.05, 4.69) is 251 Å². The highest BCUT2D eigenvalue weighted by Crippen LogP contribution is 2.45. The van der Waals surface area contributed by atoms with Gasteiger partial charge in [0.2, 0.25) is 6.71 Å². The maximum Gasteiger partial charge on any atom is 0.260 e. The number of aromatic nitrogens is 2. The molecule has 74 heavy (non-hydrogen) atoms. The average Bonchev–Trinajstić information content (AvgIpc) is 3.98. The molecule has 0 saturated heterocycles. The number of fused-ring (bicyclic) bond motifs is 14. The summed E-state index contributed by atoms with van der Waals surface area (Å²) in [7, 11) is 0. The van der Waals surface area contributed by atoms with E-state index in [0.717, 1.165) is 68.3 Å². The predicted molar refractivity (Wildman–Crippen MR) is 307 cm³/mol. The second-order valence-corrected chi connectivity index (χ2v) is 20.3. The molecule has 0 unspecified atom stereocenters. The largest absolute Gasteiger partial charge is 0.458 e. The van der Waals surface area contributed by atoms with E-state index in [4.69, 9.17) is 9.47 Å². The van der Waals surface area contributed by atoms with Crippen LogP contribution in [0.3, 0.4) is 0 Å². The van der Waals surface area contributed by atoms with Gasteiger partial charge in [-0.1, -0.05) is 151 Å². The van der Waals surface area contributed by atoms with Crippen molar-refractivity contribution in [3.05, 3.63) is 248 Å². The average molecular weight is 942 g/mol. The van der Waals surface area contributed by atoms with Crippen LogP contribution >= 0.6 is 0 Å². The third kappa shape index (κ3) is 5.55. The highest BCUT2D eigenvalue weighted by atomic mass is 16.5. The smallest absolute Gasteiger partial charge is 0.260 e. The first-order chi connectivity index (χ1) is 36.7. The highest BCUT2D eigenvalue weighted by molar-refractivity contribution is 6.99. The van der Waals surface area contributed by atoms with Crippen molar-refractivity contribution >= 4 is 107 Å². The van der Waals surface area contributed by atoms with Gasteiger partial charge < -0.3 is 23.5 Å². The van der Waals surface area contributed by atoms with Crippen LogP contribution < -0.4 is 47.2 Å².